The van der Waals surface area contributed by atoms with E-state index >= 15 is 0 Å². The third-order valence-electron chi connectivity index (χ3n) is 4.15. The molecule has 1 aliphatic heterocycles. The van der Waals surface area contributed by atoms with Gasteiger partial charge in [0.15, 0.2) is 11.5 Å². The molecule has 7 nitrogen and oxygen atoms in total. The van der Waals surface area contributed by atoms with E-state index in [2.05, 4.69) is 10.0 Å². The Morgan fingerprint density at radius 2 is 1.86 bits per heavy atom. The van der Waals surface area contributed by atoms with Gasteiger partial charge in [-0.15, -0.1) is 0 Å². The van der Waals surface area contributed by atoms with Gasteiger partial charge in [-0.2, -0.15) is 0 Å². The maximum atomic E-state index is 12.5. The first-order valence-corrected chi connectivity index (χ1v) is 10.7. The van der Waals surface area contributed by atoms with Crippen LogP contribution < -0.4 is 19.5 Å². The van der Waals surface area contributed by atoms with Gasteiger partial charge in [-0.3, -0.25) is 4.79 Å². The second-order valence-electron chi connectivity index (χ2n) is 6.31. The summed E-state index contributed by atoms with van der Waals surface area (Å²) < 4.78 is 38.4. The van der Waals surface area contributed by atoms with Crippen molar-refractivity contribution in [2.75, 3.05) is 25.1 Å². The van der Waals surface area contributed by atoms with Gasteiger partial charge < -0.3 is 14.8 Å². The molecule has 0 aliphatic carbocycles. The summed E-state index contributed by atoms with van der Waals surface area (Å²) in [5.41, 5.74) is 1.47. The molecule has 0 saturated heterocycles. The molecule has 1 heterocycles. The average molecular weight is 425 g/mol. The molecule has 0 saturated carbocycles. The topological polar surface area (TPSA) is 93.7 Å². The van der Waals surface area contributed by atoms with Gasteiger partial charge in [0, 0.05) is 36.2 Å². The first-order valence-electron chi connectivity index (χ1n) is 8.80. The summed E-state index contributed by atoms with van der Waals surface area (Å²) in [7, 11) is -3.78. The van der Waals surface area contributed by atoms with Crippen LogP contribution in [0, 0.1) is 6.92 Å². The van der Waals surface area contributed by atoms with Crippen LogP contribution in [-0.2, 0) is 14.8 Å². The Hall–Kier alpha value is -2.29. The Labute approximate surface area is 169 Å². The normalized spacial score (nSPS) is 13.6. The number of aryl methyl sites for hydroxylation is 1. The maximum Gasteiger partial charge on any atom is 0.240 e. The molecule has 3 rings (SSSR count). The van der Waals surface area contributed by atoms with E-state index in [1.807, 2.05) is 6.92 Å². The Balaban J connectivity index is 1.58. The first kappa shape index (κ1) is 20.4. The fourth-order valence-corrected chi connectivity index (χ4v) is 3.85. The number of carbonyl (C=O) groups is 1. The van der Waals surface area contributed by atoms with Crippen molar-refractivity contribution in [3.05, 3.63) is 47.0 Å². The van der Waals surface area contributed by atoms with E-state index in [-0.39, 0.29) is 23.8 Å². The van der Waals surface area contributed by atoms with Gasteiger partial charge in [-0.25, -0.2) is 13.1 Å². The van der Waals surface area contributed by atoms with E-state index in [0.29, 0.717) is 35.4 Å². The molecule has 9 heteroatoms. The molecule has 0 aromatic heterocycles. The van der Waals surface area contributed by atoms with Gasteiger partial charge in [0.1, 0.15) is 0 Å². The number of benzene rings is 2. The van der Waals surface area contributed by atoms with Crippen molar-refractivity contribution >= 4 is 33.2 Å². The Bertz CT molecular complexity index is 978. The summed E-state index contributed by atoms with van der Waals surface area (Å²) in [6.45, 7) is 2.80. The zero-order valence-corrected chi connectivity index (χ0v) is 16.9. The summed E-state index contributed by atoms with van der Waals surface area (Å²) >= 11 is 5.93. The number of hydrogen-bond donors (Lipinski definition) is 2. The Kier molecular flexibility index (Phi) is 6.43. The van der Waals surface area contributed by atoms with Gasteiger partial charge in [-0.1, -0.05) is 17.7 Å². The number of rotatable bonds is 6. The molecule has 2 N–H and O–H groups in total. The van der Waals surface area contributed by atoms with Gasteiger partial charge in [0.2, 0.25) is 15.9 Å². The maximum absolute atomic E-state index is 12.5. The largest absolute Gasteiger partial charge is 0.490 e. The SMILES string of the molecule is Cc1ccc(Cl)cc1NC(=O)CCNS(=O)(=O)c1ccc2c(c1)OCCCO2. The molecule has 150 valence electrons. The van der Waals surface area contributed by atoms with Crippen molar-refractivity contribution in [3.63, 3.8) is 0 Å². The molecule has 0 spiro atoms. The van der Waals surface area contributed by atoms with E-state index in [0.717, 1.165) is 12.0 Å². The molecule has 0 unspecified atom stereocenters. The highest BCUT2D eigenvalue weighted by Gasteiger charge is 2.19. The van der Waals surface area contributed by atoms with Crippen molar-refractivity contribution in [1.29, 1.82) is 0 Å². The first-order chi connectivity index (χ1) is 13.3. The zero-order valence-electron chi connectivity index (χ0n) is 15.3. The lowest BCUT2D eigenvalue weighted by Crippen LogP contribution is -2.28. The Morgan fingerprint density at radius 1 is 1.11 bits per heavy atom. The molecule has 1 amide bonds. The minimum absolute atomic E-state index is 0.0181. The quantitative estimate of drug-likeness (QED) is 0.743. The zero-order chi connectivity index (χ0) is 20.1. The molecule has 0 fully saturated rings. The van der Waals surface area contributed by atoms with Crippen molar-refractivity contribution in [2.24, 2.45) is 0 Å². The molecule has 2 aromatic rings. The summed E-state index contributed by atoms with van der Waals surface area (Å²) in [6.07, 6.45) is 0.714. The van der Waals surface area contributed by atoms with Crippen molar-refractivity contribution in [1.82, 2.24) is 4.72 Å². The van der Waals surface area contributed by atoms with Gasteiger partial charge in [0.25, 0.3) is 0 Å². The summed E-state index contributed by atoms with van der Waals surface area (Å²) in [6, 6.07) is 9.63. The lowest BCUT2D eigenvalue weighted by molar-refractivity contribution is -0.116. The second-order valence-corrected chi connectivity index (χ2v) is 8.52. The molecule has 2 aromatic carbocycles. The fourth-order valence-electron chi connectivity index (χ4n) is 2.63. The van der Waals surface area contributed by atoms with Gasteiger partial charge in [-0.05, 0) is 36.8 Å². The molecular weight excluding hydrogens is 404 g/mol. The smallest absolute Gasteiger partial charge is 0.240 e. The van der Waals surface area contributed by atoms with Crippen LogP contribution in [0.5, 0.6) is 11.5 Å². The van der Waals surface area contributed by atoms with Crippen LogP contribution in [0.15, 0.2) is 41.3 Å². The third kappa shape index (κ3) is 5.15. The number of fused-ring (bicyclic) bond motifs is 1. The van der Waals surface area contributed by atoms with E-state index in [4.69, 9.17) is 21.1 Å². The number of sulfonamides is 1. The van der Waals surface area contributed by atoms with Crippen LogP contribution in [0.25, 0.3) is 0 Å². The number of amides is 1. The van der Waals surface area contributed by atoms with Crippen LogP contribution in [0.1, 0.15) is 18.4 Å². The predicted octanol–water partition coefficient (Wildman–Crippen LogP) is 3.12. The van der Waals surface area contributed by atoms with Gasteiger partial charge >= 0.3 is 0 Å². The monoisotopic (exact) mass is 424 g/mol. The molecule has 0 bridgehead atoms. The minimum atomic E-state index is -3.78. The molecule has 0 atom stereocenters. The lowest BCUT2D eigenvalue weighted by Gasteiger charge is -2.11. The number of ether oxygens (including phenoxy) is 2. The highest BCUT2D eigenvalue weighted by molar-refractivity contribution is 7.89. The highest BCUT2D eigenvalue weighted by atomic mass is 35.5. The van der Waals surface area contributed by atoms with Crippen LogP contribution in [0.2, 0.25) is 5.02 Å². The van der Waals surface area contributed by atoms with E-state index < -0.39 is 10.0 Å². The number of hydrogen-bond acceptors (Lipinski definition) is 5. The number of halogens is 1. The van der Waals surface area contributed by atoms with Crippen molar-refractivity contribution < 1.29 is 22.7 Å². The molecule has 1 aliphatic rings. The third-order valence-corrected chi connectivity index (χ3v) is 5.84. The standard InChI is InChI=1S/C19H21ClN2O5S/c1-13-3-4-14(20)11-16(13)22-19(23)7-8-21-28(24,25)15-5-6-17-18(12-15)27-10-2-9-26-17/h3-6,11-12,21H,2,7-10H2,1H3,(H,22,23). The van der Waals surface area contributed by atoms with Crippen LogP contribution in [-0.4, -0.2) is 34.1 Å². The summed E-state index contributed by atoms with van der Waals surface area (Å²) in [4.78, 5) is 12.2. The molecule has 0 radical (unpaired) electrons. The van der Waals surface area contributed by atoms with Crippen LogP contribution in [0.4, 0.5) is 5.69 Å². The second kappa shape index (κ2) is 8.81. The lowest BCUT2D eigenvalue weighted by atomic mass is 10.2. The van der Waals surface area contributed by atoms with E-state index in [9.17, 15) is 13.2 Å². The number of nitrogens with one attached hydrogen (secondary N) is 2. The van der Waals surface area contributed by atoms with Crippen LogP contribution >= 0.6 is 11.6 Å². The summed E-state index contributed by atoms with van der Waals surface area (Å²) in [5.74, 6) is 0.606. The minimum Gasteiger partial charge on any atom is -0.490 e. The predicted molar refractivity (Wildman–Crippen MR) is 107 cm³/mol. The van der Waals surface area contributed by atoms with Gasteiger partial charge in [0.05, 0.1) is 18.1 Å². The Morgan fingerprint density at radius 3 is 2.64 bits per heavy atom. The molecular formula is C19H21ClN2O5S. The van der Waals surface area contributed by atoms with E-state index in [1.165, 1.54) is 12.1 Å². The highest BCUT2D eigenvalue weighted by Crippen LogP contribution is 2.31. The number of anilines is 1. The van der Waals surface area contributed by atoms with Crippen molar-refractivity contribution in [3.8, 4) is 11.5 Å². The average Bonchev–Trinajstić information content (AvgIpc) is 2.89. The van der Waals surface area contributed by atoms with Crippen LogP contribution in [0.3, 0.4) is 0 Å². The molecule has 28 heavy (non-hydrogen) atoms. The van der Waals surface area contributed by atoms with Crippen molar-refractivity contribution in [2.45, 2.75) is 24.7 Å². The fraction of sp³-hybridized carbons (Fsp3) is 0.316. The number of carbonyl (C=O) groups excluding carboxylic acids is 1. The summed E-state index contributed by atoms with van der Waals surface area (Å²) in [5, 5.41) is 3.24. The van der Waals surface area contributed by atoms with E-state index in [1.54, 1.807) is 24.3 Å².